The summed E-state index contributed by atoms with van der Waals surface area (Å²) in [5.74, 6) is -0.732. The van der Waals surface area contributed by atoms with Crippen molar-refractivity contribution in [2.45, 2.75) is 12.8 Å². The van der Waals surface area contributed by atoms with Crippen molar-refractivity contribution in [1.29, 1.82) is 0 Å². The number of oxime groups is 1. The third-order valence-corrected chi connectivity index (χ3v) is 4.37. The zero-order valence-electron chi connectivity index (χ0n) is 13.2. The molecular weight excluding hydrogens is 307 g/mol. The maximum atomic E-state index is 14.0. The van der Waals surface area contributed by atoms with Crippen LogP contribution in [0.25, 0.3) is 0 Å². The van der Waals surface area contributed by atoms with E-state index in [4.69, 9.17) is 0 Å². The minimum absolute atomic E-state index is 0.00780. The highest BCUT2D eigenvalue weighted by Crippen LogP contribution is 2.24. The first-order valence-corrected chi connectivity index (χ1v) is 7.97. The van der Waals surface area contributed by atoms with Crippen LogP contribution in [0, 0.1) is 11.7 Å². The van der Waals surface area contributed by atoms with Crippen molar-refractivity contribution in [3.8, 4) is 0 Å². The summed E-state index contributed by atoms with van der Waals surface area (Å²) in [6, 6.07) is 16.1. The van der Waals surface area contributed by atoms with Gasteiger partial charge in [0.25, 0.3) is 0 Å². The quantitative estimate of drug-likeness (QED) is 0.521. The van der Waals surface area contributed by atoms with E-state index in [1.54, 1.807) is 23.1 Å². The van der Waals surface area contributed by atoms with Crippen molar-refractivity contribution in [3.63, 3.8) is 0 Å². The van der Waals surface area contributed by atoms with Crippen molar-refractivity contribution in [3.05, 3.63) is 71.5 Å². The Labute approximate surface area is 140 Å². The summed E-state index contributed by atoms with van der Waals surface area (Å²) >= 11 is 0. The van der Waals surface area contributed by atoms with Crippen LogP contribution < -0.4 is 0 Å². The number of nitrogens with zero attached hydrogens (tertiary/aromatic N) is 2. The lowest BCUT2D eigenvalue weighted by Crippen LogP contribution is -2.28. The molecule has 1 aliphatic heterocycles. The van der Waals surface area contributed by atoms with Crippen LogP contribution in [-0.4, -0.2) is 34.8 Å². The van der Waals surface area contributed by atoms with E-state index in [2.05, 4.69) is 5.16 Å². The van der Waals surface area contributed by atoms with E-state index >= 15 is 0 Å². The summed E-state index contributed by atoms with van der Waals surface area (Å²) in [7, 11) is 0. The molecule has 0 radical (unpaired) electrons. The molecule has 3 rings (SSSR count). The highest BCUT2D eigenvalue weighted by molar-refractivity contribution is 6.05. The molecule has 0 aromatic heterocycles. The predicted octanol–water partition coefficient (Wildman–Crippen LogP) is 3.10. The number of likely N-dealkylation sites (tertiary alicyclic amines) is 1. The fourth-order valence-electron chi connectivity index (χ4n) is 3.10. The fraction of sp³-hybridized carbons (Fsp3) is 0.263. The highest BCUT2D eigenvalue weighted by atomic mass is 19.1. The molecule has 124 valence electrons. The topological polar surface area (TPSA) is 52.9 Å². The number of carbonyl (C=O) groups excluding carboxylic acids is 1. The van der Waals surface area contributed by atoms with Crippen LogP contribution in [0.2, 0.25) is 0 Å². The molecule has 0 bridgehead atoms. The molecule has 1 heterocycles. The number of carbonyl (C=O) groups is 1. The minimum atomic E-state index is -0.444. The van der Waals surface area contributed by atoms with Crippen molar-refractivity contribution in [2.75, 3.05) is 13.1 Å². The molecule has 24 heavy (non-hydrogen) atoms. The van der Waals surface area contributed by atoms with Gasteiger partial charge in [-0.15, -0.1) is 0 Å². The van der Waals surface area contributed by atoms with E-state index in [1.807, 2.05) is 30.3 Å². The molecule has 1 saturated heterocycles. The van der Waals surface area contributed by atoms with E-state index in [0.29, 0.717) is 13.1 Å². The lowest BCUT2D eigenvalue weighted by atomic mass is 9.95. The molecule has 4 nitrogen and oxygen atoms in total. The Morgan fingerprint density at radius 2 is 1.88 bits per heavy atom. The number of benzene rings is 2. The Balaban J connectivity index is 1.68. The van der Waals surface area contributed by atoms with Crippen LogP contribution >= 0.6 is 0 Å². The molecule has 1 atom stereocenters. The first-order valence-electron chi connectivity index (χ1n) is 7.97. The van der Waals surface area contributed by atoms with Gasteiger partial charge in [-0.25, -0.2) is 4.39 Å². The first-order chi connectivity index (χ1) is 11.7. The molecule has 1 fully saturated rings. The van der Waals surface area contributed by atoms with E-state index in [1.165, 1.54) is 11.6 Å². The van der Waals surface area contributed by atoms with Gasteiger partial charge in [0.15, 0.2) is 0 Å². The van der Waals surface area contributed by atoms with Crippen molar-refractivity contribution >= 4 is 11.6 Å². The van der Waals surface area contributed by atoms with E-state index < -0.39 is 5.82 Å². The summed E-state index contributed by atoms with van der Waals surface area (Å²) in [4.78, 5) is 14.0. The van der Waals surface area contributed by atoms with Gasteiger partial charge in [0.05, 0.1) is 5.71 Å². The monoisotopic (exact) mass is 326 g/mol. The van der Waals surface area contributed by atoms with Gasteiger partial charge in [0.1, 0.15) is 5.82 Å². The van der Waals surface area contributed by atoms with E-state index in [9.17, 15) is 14.4 Å². The first kappa shape index (κ1) is 16.2. The summed E-state index contributed by atoms with van der Waals surface area (Å²) in [5, 5.41) is 12.6. The third kappa shape index (κ3) is 3.45. The lowest BCUT2D eigenvalue weighted by Gasteiger charge is -2.17. The Bertz CT molecular complexity index is 746. The second-order valence-electron chi connectivity index (χ2n) is 5.94. The molecule has 0 spiro atoms. The summed E-state index contributed by atoms with van der Waals surface area (Å²) in [6.45, 7) is 1.05. The Morgan fingerprint density at radius 1 is 1.17 bits per heavy atom. The second-order valence-corrected chi connectivity index (χ2v) is 5.94. The number of rotatable bonds is 5. The van der Waals surface area contributed by atoms with Crippen LogP contribution in [0.5, 0.6) is 0 Å². The normalized spacial score (nSPS) is 18.2. The number of hydrogen-bond acceptors (Lipinski definition) is 3. The number of halogens is 1. The van der Waals surface area contributed by atoms with E-state index in [0.717, 1.165) is 6.42 Å². The molecule has 1 N–H and O–H groups in total. The average Bonchev–Trinajstić information content (AvgIpc) is 2.97. The number of amides is 1. The van der Waals surface area contributed by atoms with Crippen LogP contribution in [-0.2, 0) is 11.2 Å². The Hall–Kier alpha value is -2.69. The summed E-state index contributed by atoms with van der Waals surface area (Å²) in [6.07, 6.45) is 1.01. The molecule has 0 unspecified atom stereocenters. The van der Waals surface area contributed by atoms with E-state index in [-0.39, 0.29) is 29.5 Å². The fourth-order valence-corrected chi connectivity index (χ4v) is 3.10. The highest BCUT2D eigenvalue weighted by Gasteiger charge is 2.34. The molecular formula is C19H19FN2O2. The molecule has 1 amide bonds. The van der Waals surface area contributed by atoms with Crippen LogP contribution in [0.15, 0.2) is 59.8 Å². The van der Waals surface area contributed by atoms with Crippen molar-refractivity contribution in [2.24, 2.45) is 11.1 Å². The van der Waals surface area contributed by atoms with Gasteiger partial charge >= 0.3 is 0 Å². The van der Waals surface area contributed by atoms with Gasteiger partial charge in [-0.2, -0.15) is 0 Å². The minimum Gasteiger partial charge on any atom is -0.411 e. The lowest BCUT2D eigenvalue weighted by molar-refractivity contribution is -0.127. The molecule has 1 aliphatic rings. The Morgan fingerprint density at radius 3 is 2.58 bits per heavy atom. The number of hydrogen-bond donors (Lipinski definition) is 1. The smallest absolute Gasteiger partial charge is 0.223 e. The van der Waals surface area contributed by atoms with Crippen molar-refractivity contribution in [1.82, 2.24) is 4.90 Å². The summed E-state index contributed by atoms with van der Waals surface area (Å²) in [5.41, 5.74) is 1.66. The van der Waals surface area contributed by atoms with Crippen molar-refractivity contribution < 1.29 is 14.4 Å². The zero-order chi connectivity index (χ0) is 16.9. The van der Waals surface area contributed by atoms with Gasteiger partial charge < -0.3 is 10.1 Å². The molecule has 2 aromatic carbocycles. The predicted molar refractivity (Wildman–Crippen MR) is 89.6 cm³/mol. The van der Waals surface area contributed by atoms with Gasteiger partial charge in [0.2, 0.25) is 5.91 Å². The van der Waals surface area contributed by atoms with Gasteiger partial charge in [-0.3, -0.25) is 4.79 Å². The van der Waals surface area contributed by atoms with Gasteiger partial charge in [0, 0.05) is 31.0 Å². The standard InChI is InChI=1S/C19H19FN2O2/c20-17-9-5-4-8-16(17)19(21-24)15-12-18(23)22(13-15)11-10-14-6-2-1-3-7-14/h1-9,15,24H,10-13H2/t15-/m0/s1. The van der Waals surface area contributed by atoms with Crippen LogP contribution in [0.3, 0.4) is 0 Å². The summed E-state index contributed by atoms with van der Waals surface area (Å²) < 4.78 is 14.0. The maximum Gasteiger partial charge on any atom is 0.223 e. The molecule has 0 saturated carbocycles. The zero-order valence-corrected chi connectivity index (χ0v) is 13.2. The van der Waals surface area contributed by atoms with Gasteiger partial charge in [-0.1, -0.05) is 53.7 Å². The maximum absolute atomic E-state index is 14.0. The van der Waals surface area contributed by atoms with Crippen LogP contribution in [0.1, 0.15) is 17.5 Å². The van der Waals surface area contributed by atoms with Crippen LogP contribution in [0.4, 0.5) is 4.39 Å². The van der Waals surface area contributed by atoms with Gasteiger partial charge in [-0.05, 0) is 18.1 Å². The third-order valence-electron chi connectivity index (χ3n) is 4.37. The average molecular weight is 326 g/mol. The molecule has 0 aliphatic carbocycles. The largest absolute Gasteiger partial charge is 0.411 e. The second kappa shape index (κ2) is 7.25. The molecule has 5 heteroatoms. The molecule has 2 aromatic rings. The Kier molecular flexibility index (Phi) is 4.89. The SMILES string of the molecule is O=C1C[C@H](C(=NO)c2ccccc2F)CN1CCc1ccccc1.